The quantitative estimate of drug-likeness (QED) is 0.844. The van der Waals surface area contributed by atoms with E-state index in [0.717, 1.165) is 42.8 Å². The van der Waals surface area contributed by atoms with Crippen LogP contribution in [0.5, 0.6) is 0 Å². The number of aromatic nitrogens is 2. The Balaban J connectivity index is 2.36. The van der Waals surface area contributed by atoms with Crippen LogP contribution in [-0.2, 0) is 0 Å². The molecule has 18 heavy (non-hydrogen) atoms. The van der Waals surface area contributed by atoms with Gasteiger partial charge in [0.25, 0.3) is 0 Å². The summed E-state index contributed by atoms with van der Waals surface area (Å²) in [6.07, 6.45) is 2.77. The number of hydrogen-bond acceptors (Lipinski definition) is 4. The van der Waals surface area contributed by atoms with Crippen molar-refractivity contribution in [2.24, 2.45) is 0 Å². The number of anilines is 1. The van der Waals surface area contributed by atoms with E-state index in [9.17, 15) is 0 Å². The molecule has 4 heteroatoms. The first-order chi connectivity index (χ1) is 8.86. The summed E-state index contributed by atoms with van der Waals surface area (Å²) in [5.74, 6) is 1.04. The van der Waals surface area contributed by atoms with E-state index in [0.29, 0.717) is 0 Å². The molecule has 1 N–H and O–H groups in total. The number of rotatable bonds is 6. The van der Waals surface area contributed by atoms with Crippen molar-refractivity contribution in [1.29, 1.82) is 0 Å². The van der Waals surface area contributed by atoms with Crippen molar-refractivity contribution in [2.75, 3.05) is 31.6 Å². The number of likely N-dealkylation sites (N-methyl/N-ethyl adjacent to an activating group) is 1. The molecule has 0 saturated carbocycles. The largest absolute Gasteiger partial charge is 0.355 e. The summed E-state index contributed by atoms with van der Waals surface area (Å²) >= 11 is 0. The van der Waals surface area contributed by atoms with Gasteiger partial charge in [0.2, 0.25) is 0 Å². The van der Waals surface area contributed by atoms with Gasteiger partial charge >= 0.3 is 0 Å². The molecule has 4 nitrogen and oxygen atoms in total. The highest BCUT2D eigenvalue weighted by Gasteiger charge is 2.10. The van der Waals surface area contributed by atoms with Gasteiger partial charge in [-0.1, -0.05) is 19.1 Å². The normalized spacial score (nSPS) is 10.8. The number of para-hydroxylation sites is 1. The first kappa shape index (κ1) is 12.8. The molecule has 1 aromatic heterocycles. The Hall–Kier alpha value is -1.68. The highest BCUT2D eigenvalue weighted by atomic mass is 15.2. The summed E-state index contributed by atoms with van der Waals surface area (Å²) in [6.45, 7) is 5.13. The van der Waals surface area contributed by atoms with Crippen molar-refractivity contribution in [3.63, 3.8) is 0 Å². The van der Waals surface area contributed by atoms with Gasteiger partial charge in [-0.15, -0.1) is 0 Å². The number of fused-ring (bicyclic) bond motifs is 1. The minimum atomic E-state index is 0.957. The van der Waals surface area contributed by atoms with E-state index in [2.05, 4.69) is 33.2 Å². The fourth-order valence-corrected chi connectivity index (χ4v) is 2.08. The van der Waals surface area contributed by atoms with Crippen LogP contribution in [0.3, 0.4) is 0 Å². The maximum atomic E-state index is 4.47. The van der Waals surface area contributed by atoms with Crippen molar-refractivity contribution >= 4 is 16.7 Å². The third-order valence-electron chi connectivity index (χ3n) is 2.95. The number of hydrogen-bond donors (Lipinski definition) is 1. The Morgan fingerprint density at radius 3 is 2.78 bits per heavy atom. The Kier molecular flexibility index (Phi) is 4.47. The first-order valence-electron chi connectivity index (χ1n) is 6.46. The van der Waals surface area contributed by atoms with E-state index in [1.165, 1.54) is 0 Å². The van der Waals surface area contributed by atoms with Gasteiger partial charge in [0, 0.05) is 25.0 Å². The molecule has 0 aliphatic rings. The number of nitrogens with one attached hydrogen (secondary N) is 1. The van der Waals surface area contributed by atoms with Crippen LogP contribution in [0.4, 0.5) is 5.82 Å². The molecule has 0 radical (unpaired) electrons. The molecule has 96 valence electrons. The van der Waals surface area contributed by atoms with E-state index in [1.54, 1.807) is 6.33 Å². The van der Waals surface area contributed by atoms with Crippen LogP contribution in [0.2, 0.25) is 0 Å². The van der Waals surface area contributed by atoms with Crippen molar-refractivity contribution in [1.82, 2.24) is 15.3 Å². The standard InChI is InChI=1S/C14H20N4/c1-3-9-18(10-8-15-2)14-12-6-4-5-7-13(12)16-11-17-14/h4-7,11,15H,3,8-10H2,1-2H3. The first-order valence-corrected chi connectivity index (χ1v) is 6.46. The van der Waals surface area contributed by atoms with Crippen LogP contribution in [0.25, 0.3) is 10.9 Å². The molecule has 2 aromatic rings. The van der Waals surface area contributed by atoms with Gasteiger partial charge in [-0.25, -0.2) is 9.97 Å². The molecule has 1 aromatic carbocycles. The molecule has 2 rings (SSSR count). The van der Waals surface area contributed by atoms with Crippen LogP contribution in [0, 0.1) is 0 Å². The van der Waals surface area contributed by atoms with E-state index in [4.69, 9.17) is 0 Å². The fraction of sp³-hybridized carbons (Fsp3) is 0.429. The molecule has 0 fully saturated rings. The van der Waals surface area contributed by atoms with Crippen molar-refractivity contribution < 1.29 is 0 Å². The second-order valence-corrected chi connectivity index (χ2v) is 4.31. The predicted octanol–water partition coefficient (Wildman–Crippen LogP) is 2.07. The lowest BCUT2D eigenvalue weighted by atomic mass is 10.2. The number of nitrogens with zero attached hydrogens (tertiary/aromatic N) is 3. The smallest absolute Gasteiger partial charge is 0.139 e. The second kappa shape index (κ2) is 6.31. The van der Waals surface area contributed by atoms with E-state index < -0.39 is 0 Å². The van der Waals surface area contributed by atoms with Crippen molar-refractivity contribution in [2.45, 2.75) is 13.3 Å². The van der Waals surface area contributed by atoms with Gasteiger partial charge < -0.3 is 10.2 Å². The topological polar surface area (TPSA) is 41.0 Å². The average molecular weight is 244 g/mol. The molecule has 0 saturated heterocycles. The number of benzene rings is 1. The maximum absolute atomic E-state index is 4.47. The van der Waals surface area contributed by atoms with Gasteiger partial charge in [0.15, 0.2) is 0 Å². The lowest BCUT2D eigenvalue weighted by molar-refractivity contribution is 0.704. The Labute approximate surface area is 108 Å². The third-order valence-corrected chi connectivity index (χ3v) is 2.95. The van der Waals surface area contributed by atoms with Gasteiger partial charge in [0.05, 0.1) is 5.52 Å². The van der Waals surface area contributed by atoms with Crippen LogP contribution < -0.4 is 10.2 Å². The molecular weight excluding hydrogens is 224 g/mol. The zero-order valence-electron chi connectivity index (χ0n) is 11.1. The fourth-order valence-electron chi connectivity index (χ4n) is 2.08. The Morgan fingerprint density at radius 2 is 2.00 bits per heavy atom. The molecule has 0 aliphatic heterocycles. The molecule has 0 aliphatic carbocycles. The van der Waals surface area contributed by atoms with Gasteiger partial charge in [-0.3, -0.25) is 0 Å². The Bertz CT molecular complexity index is 493. The monoisotopic (exact) mass is 244 g/mol. The zero-order valence-corrected chi connectivity index (χ0v) is 11.1. The van der Waals surface area contributed by atoms with E-state index >= 15 is 0 Å². The summed E-state index contributed by atoms with van der Waals surface area (Å²) in [5, 5.41) is 4.32. The average Bonchev–Trinajstić information content (AvgIpc) is 2.43. The SMILES string of the molecule is CCCN(CCNC)c1ncnc2ccccc12. The van der Waals surface area contributed by atoms with Gasteiger partial charge in [-0.05, 0) is 25.6 Å². The summed E-state index contributed by atoms with van der Waals surface area (Å²) in [5.41, 5.74) is 1.01. The van der Waals surface area contributed by atoms with Crippen LogP contribution in [-0.4, -0.2) is 36.6 Å². The highest BCUT2D eigenvalue weighted by molar-refractivity contribution is 5.89. The molecule has 0 amide bonds. The molecule has 0 spiro atoms. The van der Waals surface area contributed by atoms with Crippen LogP contribution in [0.15, 0.2) is 30.6 Å². The summed E-state index contributed by atoms with van der Waals surface area (Å²) in [4.78, 5) is 11.1. The zero-order chi connectivity index (χ0) is 12.8. The summed E-state index contributed by atoms with van der Waals surface area (Å²) in [6, 6.07) is 8.17. The van der Waals surface area contributed by atoms with E-state index in [-0.39, 0.29) is 0 Å². The van der Waals surface area contributed by atoms with Crippen molar-refractivity contribution in [3.05, 3.63) is 30.6 Å². The van der Waals surface area contributed by atoms with Crippen LogP contribution in [0.1, 0.15) is 13.3 Å². The highest BCUT2D eigenvalue weighted by Crippen LogP contribution is 2.22. The van der Waals surface area contributed by atoms with E-state index in [1.807, 2.05) is 25.2 Å². The molecule has 0 bridgehead atoms. The minimum absolute atomic E-state index is 0.957. The summed E-state index contributed by atoms with van der Waals surface area (Å²) < 4.78 is 0. The summed E-state index contributed by atoms with van der Waals surface area (Å²) in [7, 11) is 1.97. The molecular formula is C14H20N4. The van der Waals surface area contributed by atoms with Gasteiger partial charge in [0.1, 0.15) is 12.1 Å². The Morgan fingerprint density at radius 1 is 1.17 bits per heavy atom. The molecule has 0 unspecified atom stereocenters. The van der Waals surface area contributed by atoms with Gasteiger partial charge in [-0.2, -0.15) is 0 Å². The third kappa shape index (κ3) is 2.76. The van der Waals surface area contributed by atoms with Crippen LogP contribution >= 0.6 is 0 Å². The lowest BCUT2D eigenvalue weighted by Crippen LogP contribution is -2.32. The minimum Gasteiger partial charge on any atom is -0.355 e. The predicted molar refractivity (Wildman–Crippen MR) is 76.0 cm³/mol. The lowest BCUT2D eigenvalue weighted by Gasteiger charge is -2.24. The maximum Gasteiger partial charge on any atom is 0.139 e. The molecule has 1 heterocycles. The second-order valence-electron chi connectivity index (χ2n) is 4.31. The van der Waals surface area contributed by atoms with Crippen molar-refractivity contribution in [3.8, 4) is 0 Å². The molecule has 0 atom stereocenters.